The van der Waals surface area contributed by atoms with Crippen LogP contribution in [0.25, 0.3) is 0 Å². The summed E-state index contributed by atoms with van der Waals surface area (Å²) in [6.45, 7) is 2.11. The molecule has 2 atom stereocenters. The van der Waals surface area contributed by atoms with Gasteiger partial charge in [-0.05, 0) is 37.7 Å². The van der Waals surface area contributed by atoms with Gasteiger partial charge in [0.15, 0.2) is 0 Å². The van der Waals surface area contributed by atoms with E-state index in [9.17, 15) is 4.79 Å². The lowest BCUT2D eigenvalue weighted by molar-refractivity contribution is -0.139. The highest BCUT2D eigenvalue weighted by Gasteiger charge is 2.45. The monoisotopic (exact) mass is 317 g/mol. The molecule has 124 valence electrons. The lowest BCUT2D eigenvalue weighted by Crippen LogP contribution is -2.50. The molecular formula is C17H23N3O3. The summed E-state index contributed by atoms with van der Waals surface area (Å²) < 4.78 is 11.9. The van der Waals surface area contributed by atoms with Crippen LogP contribution in [0.2, 0.25) is 0 Å². The summed E-state index contributed by atoms with van der Waals surface area (Å²) in [5, 5.41) is 0. The highest BCUT2D eigenvalue weighted by Crippen LogP contribution is 2.37. The Bertz CT molecular complexity index is 563. The van der Waals surface area contributed by atoms with Crippen molar-refractivity contribution in [2.75, 3.05) is 19.7 Å². The maximum Gasteiger partial charge on any atom is 0.316 e. The number of ether oxygens (including phenoxy) is 2. The molecule has 23 heavy (non-hydrogen) atoms. The minimum Gasteiger partial charge on any atom is -0.458 e. The van der Waals surface area contributed by atoms with Crippen molar-refractivity contribution in [3.05, 3.63) is 18.5 Å². The number of likely N-dealkylation sites (tertiary alicyclic amines) is 1. The summed E-state index contributed by atoms with van der Waals surface area (Å²) in [6, 6.07) is 2.17. The number of rotatable bonds is 4. The molecule has 1 aromatic rings. The minimum atomic E-state index is -0.239. The number of nitrogens with zero attached hydrogens (tertiary/aromatic N) is 3. The Labute approximate surface area is 136 Å². The number of carbonyl (C=O) groups is 1. The Balaban J connectivity index is 1.35. The van der Waals surface area contributed by atoms with E-state index in [0.29, 0.717) is 37.4 Å². The fourth-order valence-electron chi connectivity index (χ4n) is 3.67. The van der Waals surface area contributed by atoms with Gasteiger partial charge in [0, 0.05) is 38.3 Å². The Morgan fingerprint density at radius 2 is 2.22 bits per heavy atom. The van der Waals surface area contributed by atoms with E-state index in [2.05, 4.69) is 9.97 Å². The van der Waals surface area contributed by atoms with Crippen LogP contribution >= 0.6 is 0 Å². The van der Waals surface area contributed by atoms with Crippen LogP contribution in [0.15, 0.2) is 18.5 Å². The average molecular weight is 317 g/mol. The molecule has 0 radical (unpaired) electrons. The highest BCUT2D eigenvalue weighted by atomic mass is 16.6. The number of carbonyl (C=O) groups excluding carboxylic acids is 1. The third-order valence-corrected chi connectivity index (χ3v) is 5.04. The number of hydrogen-bond acceptors (Lipinski definition) is 5. The molecule has 0 unspecified atom stereocenters. The smallest absolute Gasteiger partial charge is 0.316 e. The number of hydrogen-bond donors (Lipinski definition) is 0. The molecule has 2 aliphatic heterocycles. The largest absolute Gasteiger partial charge is 0.458 e. The molecule has 3 fully saturated rings. The minimum absolute atomic E-state index is 0.0316. The van der Waals surface area contributed by atoms with E-state index in [1.807, 2.05) is 4.90 Å². The van der Waals surface area contributed by atoms with Crippen molar-refractivity contribution in [1.82, 2.24) is 14.9 Å². The van der Waals surface area contributed by atoms with Crippen LogP contribution in [-0.2, 0) is 9.53 Å². The summed E-state index contributed by atoms with van der Waals surface area (Å²) >= 11 is 0. The predicted octanol–water partition coefficient (Wildman–Crippen LogP) is 1.81. The zero-order valence-corrected chi connectivity index (χ0v) is 13.3. The Morgan fingerprint density at radius 1 is 1.39 bits per heavy atom. The van der Waals surface area contributed by atoms with Crippen LogP contribution in [0.3, 0.4) is 0 Å². The molecule has 6 heteroatoms. The Hall–Kier alpha value is -1.69. The normalized spacial score (nSPS) is 30.6. The second kappa shape index (κ2) is 6.07. The summed E-state index contributed by atoms with van der Waals surface area (Å²) in [4.78, 5) is 22.6. The van der Waals surface area contributed by atoms with Crippen molar-refractivity contribution < 1.29 is 14.3 Å². The van der Waals surface area contributed by atoms with Gasteiger partial charge in [-0.15, -0.1) is 0 Å². The zero-order valence-electron chi connectivity index (χ0n) is 13.3. The molecule has 1 aromatic heterocycles. The standard InChI is InChI=1S/C17H23N3O3/c21-15(9-13-3-4-13)20-8-1-5-17(12-20)10-14(11-22-17)23-16-18-6-2-7-19-16/h2,6-7,13-14H,1,3-5,8-12H2/t14-,17-/m1/s1. The van der Waals surface area contributed by atoms with Gasteiger partial charge < -0.3 is 14.4 Å². The first kappa shape index (κ1) is 14.9. The van der Waals surface area contributed by atoms with E-state index < -0.39 is 0 Å². The van der Waals surface area contributed by atoms with Gasteiger partial charge in [0.25, 0.3) is 0 Å². The molecule has 1 aliphatic carbocycles. The summed E-state index contributed by atoms with van der Waals surface area (Å²) in [5.41, 5.74) is -0.239. The van der Waals surface area contributed by atoms with Gasteiger partial charge >= 0.3 is 6.01 Å². The Morgan fingerprint density at radius 3 is 3.00 bits per heavy atom. The van der Waals surface area contributed by atoms with Crippen LogP contribution in [-0.4, -0.2) is 52.2 Å². The van der Waals surface area contributed by atoms with Gasteiger partial charge in [-0.2, -0.15) is 0 Å². The molecule has 3 aliphatic rings. The van der Waals surface area contributed by atoms with Crippen molar-refractivity contribution in [1.29, 1.82) is 0 Å². The first-order chi connectivity index (χ1) is 11.2. The SMILES string of the molecule is O=C(CC1CC1)N1CCC[C@@]2(C[C@@H](Oc3ncccn3)CO2)C1. The number of amides is 1. The van der Waals surface area contributed by atoms with Crippen molar-refractivity contribution in [2.24, 2.45) is 5.92 Å². The van der Waals surface area contributed by atoms with Gasteiger partial charge in [-0.3, -0.25) is 4.79 Å². The second-order valence-electron chi connectivity index (χ2n) is 7.04. The van der Waals surface area contributed by atoms with E-state index in [4.69, 9.17) is 9.47 Å². The first-order valence-corrected chi connectivity index (χ1v) is 8.58. The van der Waals surface area contributed by atoms with E-state index >= 15 is 0 Å². The molecule has 1 saturated carbocycles. The fraction of sp³-hybridized carbons (Fsp3) is 0.706. The van der Waals surface area contributed by atoms with Crippen LogP contribution in [0, 0.1) is 5.92 Å². The molecule has 0 N–H and O–H groups in total. The third-order valence-electron chi connectivity index (χ3n) is 5.04. The molecule has 2 saturated heterocycles. The highest BCUT2D eigenvalue weighted by molar-refractivity contribution is 5.77. The average Bonchev–Trinajstić information content (AvgIpc) is 3.31. The predicted molar refractivity (Wildman–Crippen MR) is 82.9 cm³/mol. The van der Waals surface area contributed by atoms with Gasteiger partial charge in [0.1, 0.15) is 6.10 Å². The van der Waals surface area contributed by atoms with E-state index in [1.165, 1.54) is 12.8 Å². The molecule has 4 rings (SSSR count). The van der Waals surface area contributed by atoms with E-state index in [1.54, 1.807) is 18.5 Å². The number of aromatic nitrogens is 2. The molecule has 3 heterocycles. The van der Waals surface area contributed by atoms with E-state index in [0.717, 1.165) is 25.8 Å². The van der Waals surface area contributed by atoms with Crippen LogP contribution < -0.4 is 4.74 Å². The zero-order chi connectivity index (χ0) is 15.7. The summed E-state index contributed by atoms with van der Waals surface area (Å²) in [5.74, 6) is 0.933. The summed E-state index contributed by atoms with van der Waals surface area (Å²) in [7, 11) is 0. The number of piperidine rings is 1. The van der Waals surface area contributed by atoms with Crippen LogP contribution in [0.5, 0.6) is 6.01 Å². The van der Waals surface area contributed by atoms with Gasteiger partial charge in [-0.1, -0.05) is 0 Å². The van der Waals surface area contributed by atoms with Crippen molar-refractivity contribution in [3.63, 3.8) is 0 Å². The van der Waals surface area contributed by atoms with Crippen molar-refractivity contribution in [3.8, 4) is 6.01 Å². The molecule has 1 spiro atoms. The lowest BCUT2D eigenvalue weighted by atomic mass is 9.89. The van der Waals surface area contributed by atoms with E-state index in [-0.39, 0.29) is 11.7 Å². The fourth-order valence-corrected chi connectivity index (χ4v) is 3.67. The molecule has 0 bridgehead atoms. The van der Waals surface area contributed by atoms with Crippen molar-refractivity contribution in [2.45, 2.75) is 50.2 Å². The van der Waals surface area contributed by atoms with Gasteiger partial charge in [0.05, 0.1) is 12.2 Å². The quantitative estimate of drug-likeness (QED) is 0.847. The van der Waals surface area contributed by atoms with Crippen LogP contribution in [0.4, 0.5) is 0 Å². The molecule has 0 aromatic carbocycles. The lowest BCUT2D eigenvalue weighted by Gasteiger charge is -2.39. The topological polar surface area (TPSA) is 64.6 Å². The maximum atomic E-state index is 12.4. The van der Waals surface area contributed by atoms with Crippen molar-refractivity contribution >= 4 is 5.91 Å². The first-order valence-electron chi connectivity index (χ1n) is 8.58. The third kappa shape index (κ3) is 3.47. The second-order valence-corrected chi connectivity index (χ2v) is 7.04. The maximum absolute atomic E-state index is 12.4. The van der Waals surface area contributed by atoms with Crippen LogP contribution in [0.1, 0.15) is 38.5 Å². The molecule has 1 amide bonds. The molecule has 6 nitrogen and oxygen atoms in total. The summed E-state index contributed by atoms with van der Waals surface area (Å²) in [6.07, 6.45) is 9.27. The Kier molecular flexibility index (Phi) is 3.93. The molecular weight excluding hydrogens is 294 g/mol. The van der Waals surface area contributed by atoms with Gasteiger partial charge in [0.2, 0.25) is 5.91 Å². The van der Waals surface area contributed by atoms with Gasteiger partial charge in [-0.25, -0.2) is 9.97 Å².